The van der Waals surface area contributed by atoms with E-state index in [0.29, 0.717) is 32.6 Å². The number of ketones is 2. The minimum absolute atomic E-state index is 0.130. The maximum Gasteiger partial charge on any atom is 0.258 e. The van der Waals surface area contributed by atoms with E-state index in [2.05, 4.69) is 0 Å². The van der Waals surface area contributed by atoms with E-state index in [4.69, 9.17) is 9.47 Å². The van der Waals surface area contributed by atoms with Crippen molar-refractivity contribution in [3.05, 3.63) is 74.2 Å². The highest BCUT2D eigenvalue weighted by Gasteiger charge is 2.35. The normalized spacial score (nSPS) is 15.9. The van der Waals surface area contributed by atoms with Crippen molar-refractivity contribution in [2.24, 2.45) is 0 Å². The summed E-state index contributed by atoms with van der Waals surface area (Å²) in [5.74, 6) is -0.255. The molecule has 2 aromatic rings. The molecule has 0 atom stereocenters. The number of carbonyl (C=O) groups excluding carboxylic acids is 3. The zero-order valence-electron chi connectivity index (χ0n) is 16.2. The molecule has 0 unspecified atom stereocenters. The average Bonchev–Trinajstić information content (AvgIpc) is 3.27. The summed E-state index contributed by atoms with van der Waals surface area (Å²) >= 11 is 2.68. The van der Waals surface area contributed by atoms with Gasteiger partial charge in [-0.25, -0.2) is 0 Å². The molecule has 0 aliphatic carbocycles. The second-order valence-electron chi connectivity index (χ2n) is 6.40. The molecule has 0 saturated carbocycles. The SMILES string of the molecule is COc1ccc(C(=O)N2CC(=O)C(=C3SC=CS3)C(=O)c3ccccc32)cc1OC. The third kappa shape index (κ3) is 3.53. The van der Waals surface area contributed by atoms with Gasteiger partial charge in [0, 0.05) is 11.1 Å². The van der Waals surface area contributed by atoms with Crippen LogP contribution >= 0.6 is 23.5 Å². The Kier molecular flexibility index (Phi) is 5.69. The number of carbonyl (C=O) groups is 3. The molecule has 0 N–H and O–H groups in total. The fourth-order valence-electron chi connectivity index (χ4n) is 3.31. The van der Waals surface area contributed by atoms with Gasteiger partial charge in [-0.3, -0.25) is 19.3 Å². The summed E-state index contributed by atoms with van der Waals surface area (Å²) in [6.07, 6.45) is 0. The Labute approximate surface area is 181 Å². The fourth-order valence-corrected chi connectivity index (χ4v) is 5.20. The standard InChI is InChI=1S/C22H17NO5S2/c1-27-17-8-7-13(11-18(17)28-2)21(26)23-12-16(24)19(22-29-9-10-30-22)20(25)14-5-3-4-6-15(14)23/h3-11H,12H2,1-2H3. The lowest BCUT2D eigenvalue weighted by molar-refractivity contribution is -0.113. The van der Waals surface area contributed by atoms with Gasteiger partial charge in [-0.15, -0.1) is 0 Å². The summed E-state index contributed by atoms with van der Waals surface area (Å²) in [4.78, 5) is 41.0. The summed E-state index contributed by atoms with van der Waals surface area (Å²) in [6, 6.07) is 11.6. The van der Waals surface area contributed by atoms with Gasteiger partial charge in [-0.2, -0.15) is 0 Å². The van der Waals surface area contributed by atoms with Crippen LogP contribution in [0.25, 0.3) is 0 Å². The maximum absolute atomic E-state index is 13.4. The van der Waals surface area contributed by atoms with Crippen LogP contribution in [0.5, 0.6) is 11.5 Å². The maximum atomic E-state index is 13.4. The van der Waals surface area contributed by atoms with Crippen molar-refractivity contribution in [3.63, 3.8) is 0 Å². The molecule has 0 aromatic heterocycles. The molecule has 2 heterocycles. The molecule has 0 bridgehead atoms. The lowest BCUT2D eigenvalue weighted by Crippen LogP contribution is -2.35. The molecule has 0 spiro atoms. The van der Waals surface area contributed by atoms with Crippen molar-refractivity contribution in [1.29, 1.82) is 0 Å². The molecule has 4 rings (SSSR count). The highest BCUT2D eigenvalue weighted by molar-refractivity contribution is 8.27. The summed E-state index contributed by atoms with van der Waals surface area (Å²) < 4.78 is 11.2. The molecular formula is C22H17NO5S2. The van der Waals surface area contributed by atoms with E-state index in [1.54, 1.807) is 42.5 Å². The number of hydrogen-bond donors (Lipinski definition) is 0. The molecular weight excluding hydrogens is 422 g/mol. The van der Waals surface area contributed by atoms with Crippen molar-refractivity contribution in [2.75, 3.05) is 25.7 Å². The number of thioether (sulfide) groups is 2. The summed E-state index contributed by atoms with van der Waals surface area (Å²) in [5.41, 5.74) is 1.19. The van der Waals surface area contributed by atoms with Gasteiger partial charge in [0.05, 0.1) is 36.3 Å². The minimum Gasteiger partial charge on any atom is -0.493 e. The molecule has 2 aliphatic rings. The van der Waals surface area contributed by atoms with Gasteiger partial charge in [0.2, 0.25) is 0 Å². The lowest BCUT2D eigenvalue weighted by Gasteiger charge is -2.22. The molecule has 0 fully saturated rings. The first-order valence-corrected chi connectivity index (χ1v) is 10.7. The summed E-state index contributed by atoms with van der Waals surface area (Å²) in [7, 11) is 3.00. The molecule has 2 aromatic carbocycles. The van der Waals surface area contributed by atoms with Gasteiger partial charge >= 0.3 is 0 Å². The second-order valence-corrected chi connectivity index (χ2v) is 8.49. The number of benzene rings is 2. The Hall–Kier alpha value is -2.97. The summed E-state index contributed by atoms with van der Waals surface area (Å²) in [6.45, 7) is -0.226. The third-order valence-corrected chi connectivity index (χ3v) is 6.86. The van der Waals surface area contributed by atoms with Gasteiger partial charge in [-0.1, -0.05) is 35.7 Å². The van der Waals surface area contributed by atoms with Crippen LogP contribution in [0.15, 0.2) is 63.1 Å². The number of para-hydroxylation sites is 1. The zero-order chi connectivity index (χ0) is 21.3. The van der Waals surface area contributed by atoms with E-state index in [0.717, 1.165) is 0 Å². The van der Waals surface area contributed by atoms with Gasteiger partial charge < -0.3 is 9.47 Å². The third-order valence-electron chi connectivity index (χ3n) is 4.73. The van der Waals surface area contributed by atoms with Crippen LogP contribution in [0.3, 0.4) is 0 Å². The molecule has 2 aliphatic heterocycles. The predicted octanol–water partition coefficient (Wildman–Crippen LogP) is 4.28. The van der Waals surface area contributed by atoms with Crippen LogP contribution in [0.2, 0.25) is 0 Å². The number of ether oxygens (including phenoxy) is 2. The quantitative estimate of drug-likeness (QED) is 0.522. The second kappa shape index (κ2) is 8.41. The zero-order valence-corrected chi connectivity index (χ0v) is 17.8. The van der Waals surface area contributed by atoms with Gasteiger partial charge in [0.25, 0.3) is 5.91 Å². The number of methoxy groups -OCH3 is 2. The van der Waals surface area contributed by atoms with E-state index in [1.165, 1.54) is 42.6 Å². The van der Waals surface area contributed by atoms with Crippen LogP contribution in [-0.2, 0) is 4.79 Å². The van der Waals surface area contributed by atoms with E-state index in [9.17, 15) is 14.4 Å². The number of nitrogens with zero attached hydrogens (tertiary/aromatic N) is 1. The molecule has 30 heavy (non-hydrogen) atoms. The Balaban J connectivity index is 1.80. The van der Waals surface area contributed by atoms with Gasteiger partial charge in [0.15, 0.2) is 23.1 Å². The Morgan fingerprint density at radius 2 is 1.67 bits per heavy atom. The first kappa shape index (κ1) is 20.3. The van der Waals surface area contributed by atoms with Crippen molar-refractivity contribution >= 4 is 46.7 Å². The van der Waals surface area contributed by atoms with Gasteiger partial charge in [-0.05, 0) is 41.1 Å². The number of anilines is 1. The first-order valence-electron chi connectivity index (χ1n) is 8.98. The van der Waals surface area contributed by atoms with Crippen LogP contribution in [0.4, 0.5) is 5.69 Å². The van der Waals surface area contributed by atoms with E-state index < -0.39 is 5.91 Å². The van der Waals surface area contributed by atoms with E-state index in [-0.39, 0.29) is 23.7 Å². The number of rotatable bonds is 3. The molecule has 0 saturated heterocycles. The Morgan fingerprint density at radius 3 is 2.37 bits per heavy atom. The van der Waals surface area contributed by atoms with Crippen molar-refractivity contribution in [2.45, 2.75) is 0 Å². The lowest BCUT2D eigenvalue weighted by atomic mass is 10.0. The average molecular weight is 440 g/mol. The Morgan fingerprint density at radius 1 is 0.967 bits per heavy atom. The van der Waals surface area contributed by atoms with E-state index in [1.807, 2.05) is 10.8 Å². The number of fused-ring (bicyclic) bond motifs is 1. The summed E-state index contributed by atoms with van der Waals surface area (Å²) in [5, 5.41) is 3.66. The minimum atomic E-state index is -0.402. The van der Waals surface area contributed by atoms with Crippen LogP contribution in [0, 0.1) is 0 Å². The van der Waals surface area contributed by atoms with Crippen LogP contribution < -0.4 is 14.4 Å². The first-order chi connectivity index (χ1) is 14.5. The Bertz CT molecular complexity index is 1110. The molecule has 8 heteroatoms. The molecule has 0 radical (unpaired) electrons. The number of hydrogen-bond acceptors (Lipinski definition) is 7. The van der Waals surface area contributed by atoms with Gasteiger partial charge in [0.1, 0.15) is 0 Å². The molecule has 152 valence electrons. The van der Waals surface area contributed by atoms with Crippen molar-refractivity contribution in [3.8, 4) is 11.5 Å². The topological polar surface area (TPSA) is 72.9 Å². The highest BCUT2D eigenvalue weighted by atomic mass is 32.2. The highest BCUT2D eigenvalue weighted by Crippen LogP contribution is 2.42. The fraction of sp³-hybridized carbons (Fsp3) is 0.136. The monoisotopic (exact) mass is 439 g/mol. The number of amides is 1. The van der Waals surface area contributed by atoms with E-state index >= 15 is 0 Å². The largest absolute Gasteiger partial charge is 0.493 e. The molecule has 1 amide bonds. The van der Waals surface area contributed by atoms with Crippen LogP contribution in [0.1, 0.15) is 20.7 Å². The predicted molar refractivity (Wildman–Crippen MR) is 118 cm³/mol. The molecule has 6 nitrogen and oxygen atoms in total. The number of Topliss-reactive ketones (excluding diaryl/α,β-unsaturated/α-hetero) is 2. The van der Waals surface area contributed by atoms with Crippen LogP contribution in [-0.4, -0.2) is 38.2 Å². The van der Waals surface area contributed by atoms with Crippen molar-refractivity contribution < 1.29 is 23.9 Å². The smallest absolute Gasteiger partial charge is 0.258 e. The van der Waals surface area contributed by atoms with Crippen molar-refractivity contribution in [1.82, 2.24) is 0 Å².